The van der Waals surface area contributed by atoms with Gasteiger partial charge >= 0.3 is 10.1 Å². The topological polar surface area (TPSA) is 171 Å². The lowest BCUT2D eigenvalue weighted by atomic mass is 10.2. The molecule has 0 aromatic heterocycles. The van der Waals surface area contributed by atoms with Crippen LogP contribution in [0.5, 0.6) is 5.75 Å². The lowest BCUT2D eigenvalue weighted by Crippen LogP contribution is -2.18. The van der Waals surface area contributed by atoms with Crippen molar-refractivity contribution < 1.29 is 27.2 Å². The molecule has 0 radical (unpaired) electrons. The van der Waals surface area contributed by atoms with E-state index in [0.717, 1.165) is 24.3 Å². The van der Waals surface area contributed by atoms with Crippen molar-refractivity contribution >= 4 is 33.6 Å². The molecule has 0 spiro atoms. The summed E-state index contributed by atoms with van der Waals surface area (Å²) in [4.78, 5) is 32.2. The number of hydrogen-bond acceptors (Lipinski definition) is 9. The molecule has 1 N–H and O–H groups in total. The molecule has 0 saturated carbocycles. The predicted octanol–water partition coefficient (Wildman–Crippen LogP) is 3.03. The molecule has 0 heterocycles. The van der Waals surface area contributed by atoms with E-state index in [1.165, 1.54) is 54.7 Å². The van der Waals surface area contributed by atoms with Gasteiger partial charge < -0.3 is 4.18 Å². The van der Waals surface area contributed by atoms with Crippen molar-refractivity contribution in [1.29, 1.82) is 0 Å². The first-order valence-electron chi connectivity index (χ1n) is 9.03. The summed E-state index contributed by atoms with van der Waals surface area (Å²) < 4.78 is 29.6. The number of carbonyl (C=O) groups is 1. The van der Waals surface area contributed by atoms with Crippen molar-refractivity contribution in [1.82, 2.24) is 5.43 Å². The number of amides is 1. The van der Waals surface area contributed by atoms with Crippen molar-refractivity contribution in [2.75, 3.05) is 0 Å². The quantitative estimate of drug-likeness (QED) is 0.226. The fourth-order valence-electron chi connectivity index (χ4n) is 2.57. The smallest absolute Gasteiger partial charge is 0.339 e. The zero-order valence-electron chi connectivity index (χ0n) is 16.5. The molecule has 0 unspecified atom stereocenters. The van der Waals surface area contributed by atoms with Gasteiger partial charge in [0.25, 0.3) is 17.3 Å². The second kappa shape index (κ2) is 9.65. The molecule has 0 bridgehead atoms. The molecule has 0 aliphatic carbocycles. The molecule has 0 aliphatic heterocycles. The molecule has 0 aliphatic rings. The van der Waals surface area contributed by atoms with Crippen molar-refractivity contribution in [3.05, 3.63) is 104 Å². The Morgan fingerprint density at radius 1 is 0.909 bits per heavy atom. The van der Waals surface area contributed by atoms with E-state index in [0.29, 0.717) is 5.56 Å². The van der Waals surface area contributed by atoms with E-state index >= 15 is 0 Å². The summed E-state index contributed by atoms with van der Waals surface area (Å²) in [5.74, 6) is -0.790. The summed E-state index contributed by atoms with van der Waals surface area (Å²) in [6.45, 7) is 0. The molecule has 13 heteroatoms. The van der Waals surface area contributed by atoms with E-state index < -0.39 is 25.9 Å². The molecule has 0 fully saturated rings. The maximum Gasteiger partial charge on any atom is 0.339 e. The number of benzene rings is 3. The summed E-state index contributed by atoms with van der Waals surface area (Å²) in [6, 6.07) is 15.2. The van der Waals surface area contributed by atoms with E-state index in [1.807, 2.05) is 0 Å². The molecule has 3 aromatic rings. The van der Waals surface area contributed by atoms with Gasteiger partial charge in [-0.15, -0.1) is 0 Å². The molecule has 1 amide bonds. The molecule has 0 atom stereocenters. The van der Waals surface area contributed by atoms with Gasteiger partial charge in [-0.25, -0.2) is 5.43 Å². The van der Waals surface area contributed by atoms with Crippen LogP contribution in [-0.4, -0.2) is 30.4 Å². The number of hydrogen-bond donors (Lipinski definition) is 1. The first kappa shape index (κ1) is 23.0. The number of nitrogens with one attached hydrogen (secondary N) is 1. The molecule has 3 aromatic carbocycles. The van der Waals surface area contributed by atoms with Crippen molar-refractivity contribution in [3.8, 4) is 5.75 Å². The van der Waals surface area contributed by atoms with Crippen LogP contribution in [0.4, 0.5) is 11.4 Å². The molecular weight excluding hydrogens is 456 g/mol. The fourth-order valence-corrected chi connectivity index (χ4v) is 3.50. The minimum atomic E-state index is -4.21. The number of non-ortho nitro benzene ring substituents is 1. The summed E-state index contributed by atoms with van der Waals surface area (Å²) in [5.41, 5.74) is 1.88. The zero-order valence-corrected chi connectivity index (χ0v) is 17.3. The van der Waals surface area contributed by atoms with Crippen LogP contribution in [0.1, 0.15) is 15.9 Å². The molecule has 0 saturated heterocycles. The number of rotatable bonds is 8. The molecule has 168 valence electrons. The van der Waals surface area contributed by atoms with Crippen LogP contribution in [-0.2, 0) is 10.1 Å². The Balaban J connectivity index is 1.64. The third kappa shape index (κ3) is 5.74. The van der Waals surface area contributed by atoms with Gasteiger partial charge in [0, 0.05) is 18.2 Å². The van der Waals surface area contributed by atoms with Crippen LogP contribution in [0.3, 0.4) is 0 Å². The second-order valence-electron chi connectivity index (χ2n) is 6.33. The number of carbonyl (C=O) groups excluding carboxylic acids is 1. The fraction of sp³-hybridized carbons (Fsp3) is 0. The Kier molecular flexibility index (Phi) is 6.74. The number of para-hydroxylation sites is 1. The summed E-state index contributed by atoms with van der Waals surface area (Å²) >= 11 is 0. The minimum Gasteiger partial charge on any atom is -0.379 e. The Morgan fingerprint density at radius 2 is 1.55 bits per heavy atom. The number of nitrogens with zero attached hydrogens (tertiary/aromatic N) is 3. The van der Waals surface area contributed by atoms with Crippen LogP contribution in [0, 0.1) is 20.2 Å². The van der Waals surface area contributed by atoms with Crippen LogP contribution in [0.25, 0.3) is 0 Å². The van der Waals surface area contributed by atoms with Crippen LogP contribution < -0.4 is 9.61 Å². The monoisotopic (exact) mass is 470 g/mol. The molecular formula is C20H14N4O8S. The first-order valence-corrected chi connectivity index (χ1v) is 10.4. The third-order valence-corrected chi connectivity index (χ3v) is 5.41. The largest absolute Gasteiger partial charge is 0.379 e. The van der Waals surface area contributed by atoms with Gasteiger partial charge in [0.15, 0.2) is 0 Å². The molecule has 12 nitrogen and oxygen atoms in total. The highest BCUT2D eigenvalue weighted by molar-refractivity contribution is 7.87. The zero-order chi connectivity index (χ0) is 24.0. The third-order valence-electron chi connectivity index (χ3n) is 4.15. The highest BCUT2D eigenvalue weighted by Crippen LogP contribution is 2.21. The summed E-state index contributed by atoms with van der Waals surface area (Å²) in [7, 11) is -4.21. The molecule has 33 heavy (non-hydrogen) atoms. The van der Waals surface area contributed by atoms with Gasteiger partial charge in [-0.2, -0.15) is 13.5 Å². The highest BCUT2D eigenvalue weighted by Gasteiger charge is 2.19. The number of hydrazone groups is 1. The number of nitro groups is 2. The van der Waals surface area contributed by atoms with Gasteiger partial charge in [0.1, 0.15) is 16.2 Å². The van der Waals surface area contributed by atoms with Gasteiger partial charge in [-0.1, -0.05) is 12.1 Å². The average Bonchev–Trinajstić information content (AvgIpc) is 2.80. The van der Waals surface area contributed by atoms with E-state index in [4.69, 9.17) is 4.18 Å². The van der Waals surface area contributed by atoms with E-state index in [1.54, 1.807) is 0 Å². The van der Waals surface area contributed by atoms with E-state index in [-0.39, 0.29) is 27.6 Å². The highest BCUT2D eigenvalue weighted by atomic mass is 32.2. The Labute approximate surface area is 186 Å². The normalized spacial score (nSPS) is 11.2. The summed E-state index contributed by atoms with van der Waals surface area (Å²) in [5, 5.41) is 25.4. The minimum absolute atomic E-state index is 0.0190. The Morgan fingerprint density at radius 3 is 2.15 bits per heavy atom. The maximum atomic E-state index is 12.3. The lowest BCUT2D eigenvalue weighted by molar-refractivity contribution is -0.385. The van der Waals surface area contributed by atoms with Crippen LogP contribution in [0.2, 0.25) is 0 Å². The Bertz CT molecular complexity index is 1340. The van der Waals surface area contributed by atoms with Crippen molar-refractivity contribution in [2.45, 2.75) is 4.90 Å². The molecule has 3 rings (SSSR count). The van der Waals surface area contributed by atoms with Crippen LogP contribution in [0.15, 0.2) is 82.8 Å². The van der Waals surface area contributed by atoms with Crippen molar-refractivity contribution in [2.24, 2.45) is 5.10 Å². The van der Waals surface area contributed by atoms with Crippen molar-refractivity contribution in [3.63, 3.8) is 0 Å². The Hall–Kier alpha value is -4.65. The standard InChI is InChI=1S/C20H14N4O8S/c25-20(18-3-1-2-4-19(18)24(28)29)22-21-13-14-5-9-16(10-6-14)32-33(30,31)17-11-7-15(8-12-17)23(26)27/h1-13H,(H,22,25)/b21-13-. The van der Waals surface area contributed by atoms with E-state index in [9.17, 15) is 33.4 Å². The lowest BCUT2D eigenvalue weighted by Gasteiger charge is -2.07. The first-order chi connectivity index (χ1) is 15.7. The van der Waals surface area contributed by atoms with Gasteiger partial charge in [0.05, 0.1) is 16.1 Å². The maximum absolute atomic E-state index is 12.3. The SMILES string of the molecule is O=C(N/N=C\c1ccc(OS(=O)(=O)c2ccc([N+](=O)[O-])cc2)cc1)c1ccccc1[N+](=O)[O-]. The summed E-state index contributed by atoms with van der Waals surface area (Å²) in [6.07, 6.45) is 1.25. The van der Waals surface area contributed by atoms with Gasteiger partial charge in [0.2, 0.25) is 0 Å². The number of nitro benzene ring substituents is 2. The predicted molar refractivity (Wildman–Crippen MR) is 116 cm³/mol. The van der Waals surface area contributed by atoms with E-state index in [2.05, 4.69) is 10.5 Å². The second-order valence-corrected chi connectivity index (χ2v) is 7.88. The van der Waals surface area contributed by atoms with Gasteiger partial charge in [-0.3, -0.25) is 25.0 Å². The van der Waals surface area contributed by atoms with Crippen LogP contribution >= 0.6 is 0 Å². The average molecular weight is 470 g/mol. The van der Waals surface area contributed by atoms with Gasteiger partial charge in [-0.05, 0) is 48.0 Å².